The lowest BCUT2D eigenvalue weighted by atomic mass is 10.1. The van der Waals surface area contributed by atoms with Crippen LogP contribution in [0.5, 0.6) is 0 Å². The maximum atomic E-state index is 5.79. The van der Waals surface area contributed by atoms with Gasteiger partial charge in [-0.1, -0.05) is 0 Å². The van der Waals surface area contributed by atoms with Crippen LogP contribution in [0.4, 0.5) is 0 Å². The molecule has 0 aliphatic carbocycles. The zero-order valence-corrected chi connectivity index (χ0v) is 8.77. The van der Waals surface area contributed by atoms with Gasteiger partial charge in [-0.2, -0.15) is 0 Å². The molecule has 0 spiro atoms. The van der Waals surface area contributed by atoms with Crippen molar-refractivity contribution < 1.29 is 4.42 Å². The highest BCUT2D eigenvalue weighted by molar-refractivity contribution is 6.28. The molecule has 0 fully saturated rings. The van der Waals surface area contributed by atoms with Gasteiger partial charge in [0.25, 0.3) is 0 Å². The lowest BCUT2D eigenvalue weighted by molar-refractivity contribution is 0.448. The number of hydrogen-bond donors (Lipinski definition) is 2. The molecule has 0 aromatic carbocycles. The molecule has 4 N–H and O–H groups in total. The number of halogens is 2. The Morgan fingerprint density at radius 1 is 1.46 bits per heavy atom. The maximum absolute atomic E-state index is 5.79. The van der Waals surface area contributed by atoms with Gasteiger partial charge in [0.05, 0.1) is 6.04 Å². The summed E-state index contributed by atoms with van der Waals surface area (Å²) in [7, 11) is 0. The molecular formula is C8H14Cl2N2O. The van der Waals surface area contributed by atoms with Crippen LogP contribution in [0.2, 0.25) is 5.22 Å². The van der Waals surface area contributed by atoms with Gasteiger partial charge >= 0.3 is 0 Å². The average molecular weight is 225 g/mol. The predicted octanol–water partition coefficient (Wildman–Crippen LogP) is 2.09. The molecule has 0 saturated carbocycles. The third-order valence-electron chi connectivity index (χ3n) is 1.68. The van der Waals surface area contributed by atoms with Crippen molar-refractivity contribution in [2.24, 2.45) is 11.5 Å². The molecule has 0 unspecified atom stereocenters. The molecule has 13 heavy (non-hydrogen) atoms. The fourth-order valence-electron chi connectivity index (χ4n) is 1.01. The number of furan rings is 1. The van der Waals surface area contributed by atoms with E-state index in [2.05, 4.69) is 0 Å². The molecule has 1 aromatic rings. The third-order valence-corrected chi connectivity index (χ3v) is 1.88. The van der Waals surface area contributed by atoms with E-state index in [1.165, 1.54) is 0 Å². The molecule has 0 aliphatic rings. The highest BCUT2D eigenvalue weighted by Gasteiger charge is 2.09. The zero-order valence-electron chi connectivity index (χ0n) is 7.20. The summed E-state index contributed by atoms with van der Waals surface area (Å²) in [5.74, 6) is 0.730. The van der Waals surface area contributed by atoms with Gasteiger partial charge in [0.2, 0.25) is 0 Å². The van der Waals surface area contributed by atoms with E-state index in [1.807, 2.05) is 0 Å². The van der Waals surface area contributed by atoms with Gasteiger partial charge in [-0.15, -0.1) is 12.4 Å². The molecule has 0 bridgehead atoms. The average Bonchev–Trinajstić information content (AvgIpc) is 2.47. The second kappa shape index (κ2) is 6.27. The predicted molar refractivity (Wildman–Crippen MR) is 56.2 cm³/mol. The van der Waals surface area contributed by atoms with Crippen LogP contribution < -0.4 is 11.5 Å². The fraction of sp³-hybridized carbons (Fsp3) is 0.500. The summed E-state index contributed by atoms with van der Waals surface area (Å²) < 4.78 is 5.14. The van der Waals surface area contributed by atoms with E-state index >= 15 is 0 Å². The van der Waals surface area contributed by atoms with Crippen LogP contribution in [0.15, 0.2) is 16.5 Å². The first-order valence-electron chi connectivity index (χ1n) is 3.95. The summed E-state index contributed by atoms with van der Waals surface area (Å²) >= 11 is 5.59. The van der Waals surface area contributed by atoms with Gasteiger partial charge in [-0.3, -0.25) is 0 Å². The van der Waals surface area contributed by atoms with E-state index in [0.29, 0.717) is 11.8 Å². The summed E-state index contributed by atoms with van der Waals surface area (Å²) in [6.07, 6.45) is 1.74. The zero-order chi connectivity index (χ0) is 8.97. The SMILES string of the molecule is Cl.NCCC[C@H](N)c1ccc(Cl)o1. The van der Waals surface area contributed by atoms with E-state index < -0.39 is 0 Å². The van der Waals surface area contributed by atoms with Crippen molar-refractivity contribution >= 4 is 24.0 Å². The largest absolute Gasteiger partial charge is 0.448 e. The van der Waals surface area contributed by atoms with E-state index in [0.717, 1.165) is 18.6 Å². The van der Waals surface area contributed by atoms with Crippen molar-refractivity contribution in [3.63, 3.8) is 0 Å². The Bertz CT molecular complexity index is 240. The summed E-state index contributed by atoms with van der Waals surface area (Å²) in [6, 6.07) is 3.41. The van der Waals surface area contributed by atoms with Gasteiger partial charge in [-0.25, -0.2) is 0 Å². The normalized spacial score (nSPS) is 12.2. The highest BCUT2D eigenvalue weighted by Crippen LogP contribution is 2.20. The van der Waals surface area contributed by atoms with E-state index in [1.54, 1.807) is 12.1 Å². The Morgan fingerprint density at radius 2 is 2.15 bits per heavy atom. The van der Waals surface area contributed by atoms with Gasteiger partial charge < -0.3 is 15.9 Å². The lowest BCUT2D eigenvalue weighted by Gasteiger charge is -2.06. The third kappa shape index (κ3) is 4.00. The Kier molecular flexibility index (Phi) is 6.16. The molecule has 1 rings (SSSR count). The number of rotatable bonds is 4. The van der Waals surface area contributed by atoms with Crippen LogP contribution in [0.25, 0.3) is 0 Å². The van der Waals surface area contributed by atoms with Crippen molar-refractivity contribution in [1.82, 2.24) is 0 Å². The van der Waals surface area contributed by atoms with Crippen LogP contribution >= 0.6 is 24.0 Å². The summed E-state index contributed by atoms with van der Waals surface area (Å²) in [5.41, 5.74) is 11.1. The molecule has 5 heteroatoms. The first-order chi connectivity index (χ1) is 5.74. The Labute approximate surface area is 88.8 Å². The maximum Gasteiger partial charge on any atom is 0.193 e. The van der Waals surface area contributed by atoms with Gasteiger partial charge in [0.1, 0.15) is 5.76 Å². The quantitative estimate of drug-likeness (QED) is 0.824. The van der Waals surface area contributed by atoms with E-state index in [-0.39, 0.29) is 18.4 Å². The Hall–Kier alpha value is -0.220. The first kappa shape index (κ1) is 12.8. The summed E-state index contributed by atoms with van der Waals surface area (Å²) in [6.45, 7) is 0.655. The van der Waals surface area contributed by atoms with Crippen molar-refractivity contribution in [3.05, 3.63) is 23.1 Å². The summed E-state index contributed by atoms with van der Waals surface area (Å²) in [4.78, 5) is 0. The molecular weight excluding hydrogens is 211 g/mol. The van der Waals surface area contributed by atoms with Crippen LogP contribution in [-0.2, 0) is 0 Å². The van der Waals surface area contributed by atoms with Gasteiger partial charge in [0.15, 0.2) is 5.22 Å². The standard InChI is InChI=1S/C8H13ClN2O.ClH/c9-8-4-3-7(12-8)6(11)2-1-5-10;/h3-4,6H,1-2,5,10-11H2;1H/t6-;/m0./s1. The second-order valence-electron chi connectivity index (χ2n) is 2.68. The van der Waals surface area contributed by atoms with Gasteiger partial charge in [0, 0.05) is 0 Å². The summed E-state index contributed by atoms with van der Waals surface area (Å²) in [5, 5.41) is 0.383. The van der Waals surface area contributed by atoms with Crippen molar-refractivity contribution in [2.45, 2.75) is 18.9 Å². The van der Waals surface area contributed by atoms with Crippen LogP contribution in [0, 0.1) is 0 Å². The topological polar surface area (TPSA) is 65.2 Å². The van der Waals surface area contributed by atoms with Gasteiger partial charge in [-0.05, 0) is 43.1 Å². The molecule has 3 nitrogen and oxygen atoms in total. The van der Waals surface area contributed by atoms with E-state index in [4.69, 9.17) is 27.5 Å². The first-order valence-corrected chi connectivity index (χ1v) is 4.32. The molecule has 0 amide bonds. The lowest BCUT2D eigenvalue weighted by Crippen LogP contribution is -2.11. The Morgan fingerprint density at radius 3 is 2.62 bits per heavy atom. The number of hydrogen-bond acceptors (Lipinski definition) is 3. The molecule has 76 valence electrons. The van der Waals surface area contributed by atoms with Crippen molar-refractivity contribution in [3.8, 4) is 0 Å². The molecule has 0 saturated heterocycles. The minimum Gasteiger partial charge on any atom is -0.448 e. The monoisotopic (exact) mass is 224 g/mol. The Balaban J connectivity index is 0.00000144. The molecule has 1 heterocycles. The second-order valence-corrected chi connectivity index (χ2v) is 3.05. The van der Waals surface area contributed by atoms with Crippen LogP contribution in [0.1, 0.15) is 24.6 Å². The smallest absolute Gasteiger partial charge is 0.193 e. The molecule has 0 radical (unpaired) electrons. The molecule has 0 aliphatic heterocycles. The molecule has 1 atom stereocenters. The van der Waals surface area contributed by atoms with E-state index in [9.17, 15) is 0 Å². The molecule has 1 aromatic heterocycles. The van der Waals surface area contributed by atoms with Crippen LogP contribution in [-0.4, -0.2) is 6.54 Å². The fourth-order valence-corrected chi connectivity index (χ4v) is 1.16. The number of nitrogens with two attached hydrogens (primary N) is 2. The van der Waals surface area contributed by atoms with Crippen molar-refractivity contribution in [2.75, 3.05) is 6.54 Å². The van der Waals surface area contributed by atoms with Crippen molar-refractivity contribution in [1.29, 1.82) is 0 Å². The van der Waals surface area contributed by atoms with Crippen LogP contribution in [0.3, 0.4) is 0 Å². The minimum atomic E-state index is -0.0824. The highest BCUT2D eigenvalue weighted by atomic mass is 35.5. The minimum absolute atomic E-state index is 0.